The number of nitrogens with zero attached hydrogens (tertiary/aromatic N) is 4. The van der Waals surface area contributed by atoms with Gasteiger partial charge in [0.1, 0.15) is 0 Å². The maximum atomic E-state index is 4.06. The maximum Gasteiger partial charge on any atom is 0.214 e. The third-order valence-corrected chi connectivity index (χ3v) is 3.58. The molecule has 2 aromatic rings. The zero-order chi connectivity index (χ0) is 12.3. The van der Waals surface area contributed by atoms with Crippen molar-refractivity contribution in [3.63, 3.8) is 0 Å². The predicted molar refractivity (Wildman–Crippen MR) is 69.5 cm³/mol. The van der Waals surface area contributed by atoms with Gasteiger partial charge in [-0.15, -0.1) is 5.10 Å². The fourth-order valence-electron chi connectivity index (χ4n) is 1.43. The molecule has 0 amide bonds. The second-order valence-corrected chi connectivity index (χ2v) is 5.40. The lowest BCUT2D eigenvalue weighted by Crippen LogP contribution is -2.01. The minimum Gasteiger partial charge on any atom is -0.188 e. The van der Waals surface area contributed by atoms with Crippen LogP contribution in [0.1, 0.15) is 19.4 Å². The average molecular weight is 248 g/mol. The lowest BCUT2D eigenvalue weighted by Gasteiger charge is -2.06. The Morgan fingerprint density at radius 1 is 1.35 bits per heavy atom. The van der Waals surface area contributed by atoms with E-state index >= 15 is 0 Å². The lowest BCUT2D eigenvalue weighted by atomic mass is 10.2. The smallest absolute Gasteiger partial charge is 0.188 e. The van der Waals surface area contributed by atoms with Crippen LogP contribution in [0.4, 0.5) is 0 Å². The Morgan fingerprint density at radius 3 is 2.88 bits per heavy atom. The van der Waals surface area contributed by atoms with Crippen LogP contribution in [-0.2, 0) is 0 Å². The van der Waals surface area contributed by atoms with E-state index in [4.69, 9.17) is 0 Å². The molecular formula is C12H16N4S. The van der Waals surface area contributed by atoms with Crippen molar-refractivity contribution in [2.45, 2.75) is 25.9 Å². The Morgan fingerprint density at radius 2 is 2.18 bits per heavy atom. The molecule has 1 heterocycles. The first kappa shape index (κ1) is 12.1. The van der Waals surface area contributed by atoms with Gasteiger partial charge in [-0.05, 0) is 41.0 Å². The second kappa shape index (κ2) is 5.31. The Bertz CT molecular complexity index is 493. The van der Waals surface area contributed by atoms with Crippen molar-refractivity contribution < 1.29 is 0 Å². The first-order chi connectivity index (χ1) is 8.16. The largest absolute Gasteiger partial charge is 0.214 e. The normalized spacial score (nSPS) is 11.1. The first-order valence-corrected chi connectivity index (χ1v) is 6.63. The van der Waals surface area contributed by atoms with Gasteiger partial charge in [0.2, 0.25) is 5.16 Å². The second-order valence-electron chi connectivity index (χ2n) is 4.42. The number of aromatic nitrogens is 4. The summed E-state index contributed by atoms with van der Waals surface area (Å²) < 4.78 is 1.79. The van der Waals surface area contributed by atoms with Crippen molar-refractivity contribution >= 4 is 11.8 Å². The molecule has 0 unspecified atom stereocenters. The minimum atomic E-state index is 0.627. The zero-order valence-corrected chi connectivity index (χ0v) is 11.1. The van der Waals surface area contributed by atoms with E-state index in [1.54, 1.807) is 16.4 Å². The van der Waals surface area contributed by atoms with Gasteiger partial charge in [-0.25, -0.2) is 0 Å². The summed E-state index contributed by atoms with van der Waals surface area (Å²) in [5, 5.41) is 12.7. The van der Waals surface area contributed by atoms with E-state index in [1.807, 2.05) is 12.1 Å². The molecule has 90 valence electrons. The van der Waals surface area contributed by atoms with E-state index in [2.05, 4.69) is 48.4 Å². The van der Waals surface area contributed by atoms with Crippen LogP contribution in [0.15, 0.2) is 29.4 Å². The molecule has 0 saturated heterocycles. The van der Waals surface area contributed by atoms with Gasteiger partial charge in [0, 0.05) is 5.75 Å². The highest BCUT2D eigenvalue weighted by molar-refractivity contribution is 7.99. The summed E-state index contributed by atoms with van der Waals surface area (Å²) >= 11 is 1.69. The van der Waals surface area contributed by atoms with Crippen molar-refractivity contribution in [3.8, 4) is 5.69 Å². The van der Waals surface area contributed by atoms with Gasteiger partial charge < -0.3 is 0 Å². The van der Waals surface area contributed by atoms with Crippen LogP contribution in [-0.4, -0.2) is 26.0 Å². The number of aryl methyl sites for hydroxylation is 1. The molecule has 4 nitrogen and oxygen atoms in total. The molecule has 5 heteroatoms. The molecule has 0 aliphatic heterocycles. The summed E-state index contributed by atoms with van der Waals surface area (Å²) in [7, 11) is 0. The van der Waals surface area contributed by atoms with Gasteiger partial charge >= 0.3 is 0 Å². The third-order valence-electron chi connectivity index (χ3n) is 2.23. The Balaban J connectivity index is 2.24. The number of tetrazole rings is 1. The van der Waals surface area contributed by atoms with Gasteiger partial charge in [-0.2, -0.15) is 4.68 Å². The van der Waals surface area contributed by atoms with Crippen LogP contribution in [0.3, 0.4) is 0 Å². The molecule has 17 heavy (non-hydrogen) atoms. The molecule has 0 aliphatic carbocycles. The van der Waals surface area contributed by atoms with E-state index in [-0.39, 0.29) is 0 Å². The molecule has 1 aromatic heterocycles. The average Bonchev–Trinajstić information content (AvgIpc) is 2.74. The summed E-state index contributed by atoms with van der Waals surface area (Å²) in [6.07, 6.45) is 0. The molecule has 2 rings (SSSR count). The lowest BCUT2D eigenvalue weighted by molar-refractivity contribution is 0.735. The molecule has 0 aliphatic rings. The van der Waals surface area contributed by atoms with E-state index in [0.717, 1.165) is 16.6 Å². The topological polar surface area (TPSA) is 43.6 Å². The highest BCUT2D eigenvalue weighted by Crippen LogP contribution is 2.20. The summed E-state index contributed by atoms with van der Waals surface area (Å²) in [6.45, 7) is 6.44. The number of hydrogen-bond donors (Lipinski definition) is 0. The van der Waals surface area contributed by atoms with Crippen LogP contribution in [0.25, 0.3) is 5.69 Å². The highest BCUT2D eigenvalue weighted by Gasteiger charge is 2.09. The summed E-state index contributed by atoms with van der Waals surface area (Å²) in [6, 6.07) is 8.18. The number of rotatable bonds is 4. The Kier molecular flexibility index (Phi) is 3.78. The maximum absolute atomic E-state index is 4.06. The van der Waals surface area contributed by atoms with Crippen molar-refractivity contribution in [2.75, 3.05) is 5.75 Å². The highest BCUT2D eigenvalue weighted by atomic mass is 32.2. The Hall–Kier alpha value is -1.36. The number of hydrogen-bond acceptors (Lipinski definition) is 4. The van der Waals surface area contributed by atoms with E-state index in [0.29, 0.717) is 5.92 Å². The standard InChI is InChI=1S/C12H16N4S/c1-9(2)8-17-12-13-14-15-16(12)11-6-4-5-10(3)7-11/h4-7,9H,8H2,1-3H3. The van der Waals surface area contributed by atoms with Crippen LogP contribution >= 0.6 is 11.8 Å². The van der Waals surface area contributed by atoms with Gasteiger partial charge in [0.15, 0.2) is 0 Å². The summed E-state index contributed by atoms with van der Waals surface area (Å²) in [5.74, 6) is 1.65. The van der Waals surface area contributed by atoms with Crippen molar-refractivity contribution in [1.82, 2.24) is 20.2 Å². The van der Waals surface area contributed by atoms with E-state index in [9.17, 15) is 0 Å². The molecule has 0 radical (unpaired) electrons. The molecular weight excluding hydrogens is 232 g/mol. The molecule has 0 spiro atoms. The summed E-state index contributed by atoms with van der Waals surface area (Å²) in [5.41, 5.74) is 2.22. The predicted octanol–water partition coefficient (Wildman–Crippen LogP) is 2.72. The minimum absolute atomic E-state index is 0.627. The fraction of sp³-hybridized carbons (Fsp3) is 0.417. The van der Waals surface area contributed by atoms with E-state index < -0.39 is 0 Å². The number of benzene rings is 1. The molecule has 0 fully saturated rings. The van der Waals surface area contributed by atoms with Crippen molar-refractivity contribution in [2.24, 2.45) is 5.92 Å². The summed E-state index contributed by atoms with van der Waals surface area (Å²) in [4.78, 5) is 0. The van der Waals surface area contributed by atoms with E-state index in [1.165, 1.54) is 5.56 Å². The van der Waals surface area contributed by atoms with Crippen LogP contribution in [0.2, 0.25) is 0 Å². The number of thioether (sulfide) groups is 1. The quantitative estimate of drug-likeness (QED) is 0.780. The zero-order valence-electron chi connectivity index (χ0n) is 10.3. The van der Waals surface area contributed by atoms with Crippen LogP contribution in [0, 0.1) is 12.8 Å². The van der Waals surface area contributed by atoms with Crippen molar-refractivity contribution in [1.29, 1.82) is 0 Å². The SMILES string of the molecule is Cc1cccc(-n2nnnc2SCC(C)C)c1. The fourth-order valence-corrected chi connectivity index (χ4v) is 2.27. The van der Waals surface area contributed by atoms with Crippen molar-refractivity contribution in [3.05, 3.63) is 29.8 Å². The molecule has 0 atom stereocenters. The van der Waals surface area contributed by atoms with Gasteiger partial charge in [0.25, 0.3) is 0 Å². The van der Waals surface area contributed by atoms with Gasteiger partial charge in [0.05, 0.1) is 5.69 Å². The first-order valence-electron chi connectivity index (χ1n) is 5.65. The van der Waals surface area contributed by atoms with Gasteiger partial charge in [-0.1, -0.05) is 37.7 Å². The molecule has 0 bridgehead atoms. The molecule has 1 aromatic carbocycles. The third kappa shape index (κ3) is 3.06. The monoisotopic (exact) mass is 248 g/mol. The van der Waals surface area contributed by atoms with Crippen LogP contribution in [0.5, 0.6) is 0 Å². The molecule has 0 saturated carbocycles. The van der Waals surface area contributed by atoms with Gasteiger partial charge in [-0.3, -0.25) is 0 Å². The Labute approximate surface area is 105 Å². The molecule has 0 N–H and O–H groups in total. The van der Waals surface area contributed by atoms with Crippen LogP contribution < -0.4 is 0 Å².